The molecule has 2 heterocycles. The Bertz CT molecular complexity index is 616. The molecule has 3 rings (SSSR count). The molecule has 1 atom stereocenters. The molecule has 2 aromatic rings. The molecule has 1 saturated heterocycles. The molecule has 1 fully saturated rings. The molecule has 5 heteroatoms. The Morgan fingerprint density at radius 3 is 2.62 bits per heavy atom. The molecular formula is C16H16N2OS2. The van der Waals surface area contributed by atoms with E-state index in [1.807, 2.05) is 17.0 Å². The van der Waals surface area contributed by atoms with Crippen LogP contribution in [-0.2, 0) is 11.3 Å². The molecule has 1 aliphatic rings. The van der Waals surface area contributed by atoms with Gasteiger partial charge in [0.15, 0.2) is 0 Å². The maximum atomic E-state index is 12.2. The van der Waals surface area contributed by atoms with E-state index in [9.17, 15) is 4.79 Å². The molecule has 0 N–H and O–H groups in total. The lowest BCUT2D eigenvalue weighted by Crippen LogP contribution is -2.27. The van der Waals surface area contributed by atoms with Crippen LogP contribution in [0, 0.1) is 0 Å². The summed E-state index contributed by atoms with van der Waals surface area (Å²) < 4.78 is 0. The summed E-state index contributed by atoms with van der Waals surface area (Å²) in [7, 11) is 0. The lowest BCUT2D eigenvalue weighted by molar-refractivity contribution is -0.128. The van der Waals surface area contributed by atoms with Crippen LogP contribution >= 0.6 is 23.5 Å². The van der Waals surface area contributed by atoms with Crippen molar-refractivity contribution in [3.8, 4) is 0 Å². The Morgan fingerprint density at radius 1 is 1.24 bits per heavy atom. The fraction of sp³-hybridized carbons (Fsp3) is 0.250. The van der Waals surface area contributed by atoms with Gasteiger partial charge in [-0.25, -0.2) is 0 Å². The number of thioether (sulfide) groups is 2. The Kier molecular flexibility index (Phi) is 4.51. The third kappa shape index (κ3) is 3.24. The van der Waals surface area contributed by atoms with Crippen LogP contribution in [0.15, 0.2) is 53.7 Å². The first-order chi connectivity index (χ1) is 10.3. The van der Waals surface area contributed by atoms with Gasteiger partial charge in [-0.15, -0.1) is 23.5 Å². The van der Waals surface area contributed by atoms with Crippen molar-refractivity contribution in [1.29, 1.82) is 0 Å². The van der Waals surface area contributed by atoms with Gasteiger partial charge in [0.1, 0.15) is 5.37 Å². The Labute approximate surface area is 133 Å². The van der Waals surface area contributed by atoms with Gasteiger partial charge in [0, 0.05) is 23.8 Å². The standard InChI is InChI=1S/C16H16N2OS2/c1-20-14-4-2-13(3-5-14)16-18(15(19)11-21-16)10-12-6-8-17-9-7-12/h2-9,16H,10-11H2,1H3. The molecular weight excluding hydrogens is 300 g/mol. The highest BCUT2D eigenvalue weighted by atomic mass is 32.2. The van der Waals surface area contributed by atoms with Crippen LogP contribution < -0.4 is 0 Å². The quantitative estimate of drug-likeness (QED) is 0.807. The summed E-state index contributed by atoms with van der Waals surface area (Å²) in [6, 6.07) is 12.4. The summed E-state index contributed by atoms with van der Waals surface area (Å²) in [5.41, 5.74) is 2.31. The number of carbonyl (C=O) groups excluding carboxylic acids is 1. The average molecular weight is 316 g/mol. The smallest absolute Gasteiger partial charge is 0.234 e. The van der Waals surface area contributed by atoms with Gasteiger partial charge in [-0.3, -0.25) is 9.78 Å². The fourth-order valence-corrected chi connectivity index (χ4v) is 3.95. The summed E-state index contributed by atoms with van der Waals surface area (Å²) in [5, 5.41) is 0.113. The van der Waals surface area contributed by atoms with Crippen LogP contribution in [0.25, 0.3) is 0 Å². The number of hydrogen-bond donors (Lipinski definition) is 0. The zero-order chi connectivity index (χ0) is 14.7. The normalized spacial score (nSPS) is 18.2. The summed E-state index contributed by atoms with van der Waals surface area (Å²) >= 11 is 3.43. The van der Waals surface area contributed by atoms with E-state index in [-0.39, 0.29) is 11.3 Å². The number of hydrogen-bond acceptors (Lipinski definition) is 4. The molecule has 1 unspecified atom stereocenters. The summed E-state index contributed by atoms with van der Waals surface area (Å²) in [5.74, 6) is 0.760. The molecule has 0 bridgehead atoms. The highest BCUT2D eigenvalue weighted by molar-refractivity contribution is 8.00. The highest BCUT2D eigenvalue weighted by Crippen LogP contribution is 2.39. The Hall–Kier alpha value is -1.46. The van der Waals surface area contributed by atoms with E-state index in [1.54, 1.807) is 35.9 Å². The zero-order valence-electron chi connectivity index (χ0n) is 11.7. The van der Waals surface area contributed by atoms with Crippen molar-refractivity contribution < 1.29 is 4.79 Å². The van der Waals surface area contributed by atoms with Gasteiger partial charge in [0.05, 0.1) is 5.75 Å². The van der Waals surface area contributed by atoms with Crippen LogP contribution in [0.2, 0.25) is 0 Å². The molecule has 1 aliphatic heterocycles. The molecule has 3 nitrogen and oxygen atoms in total. The van der Waals surface area contributed by atoms with Crippen molar-refractivity contribution in [2.75, 3.05) is 12.0 Å². The third-order valence-corrected chi connectivity index (χ3v) is 5.47. The second kappa shape index (κ2) is 6.54. The van der Waals surface area contributed by atoms with Crippen LogP contribution in [0.4, 0.5) is 0 Å². The maximum Gasteiger partial charge on any atom is 0.234 e. The van der Waals surface area contributed by atoms with Crippen molar-refractivity contribution in [1.82, 2.24) is 9.88 Å². The third-order valence-electron chi connectivity index (χ3n) is 3.47. The fourth-order valence-electron chi connectivity index (χ4n) is 2.35. The highest BCUT2D eigenvalue weighted by Gasteiger charge is 2.32. The van der Waals surface area contributed by atoms with Crippen molar-refractivity contribution in [3.05, 3.63) is 59.9 Å². The molecule has 1 aromatic carbocycles. The van der Waals surface area contributed by atoms with Gasteiger partial charge < -0.3 is 4.90 Å². The molecule has 0 radical (unpaired) electrons. The zero-order valence-corrected chi connectivity index (χ0v) is 13.4. The number of aromatic nitrogens is 1. The van der Waals surface area contributed by atoms with Gasteiger partial charge in [-0.05, 0) is 41.6 Å². The second-order valence-corrected chi connectivity index (χ2v) is 6.76. The van der Waals surface area contributed by atoms with E-state index in [4.69, 9.17) is 0 Å². The first kappa shape index (κ1) is 14.5. The second-order valence-electron chi connectivity index (χ2n) is 4.81. The SMILES string of the molecule is CSc1ccc(C2SCC(=O)N2Cc2ccncc2)cc1. The largest absolute Gasteiger partial charge is 0.322 e. The summed E-state index contributed by atoms with van der Waals surface area (Å²) in [6.07, 6.45) is 5.61. The maximum absolute atomic E-state index is 12.2. The predicted molar refractivity (Wildman–Crippen MR) is 88.2 cm³/mol. The molecule has 0 saturated carbocycles. The van der Waals surface area contributed by atoms with Crippen molar-refractivity contribution in [2.24, 2.45) is 0 Å². The minimum absolute atomic E-state index is 0.113. The molecule has 1 amide bonds. The van der Waals surface area contributed by atoms with Gasteiger partial charge >= 0.3 is 0 Å². The minimum atomic E-state index is 0.113. The van der Waals surface area contributed by atoms with Gasteiger partial charge in [-0.2, -0.15) is 0 Å². The molecule has 0 spiro atoms. The van der Waals surface area contributed by atoms with E-state index in [0.29, 0.717) is 12.3 Å². The minimum Gasteiger partial charge on any atom is -0.322 e. The monoisotopic (exact) mass is 316 g/mol. The number of carbonyl (C=O) groups is 1. The molecule has 21 heavy (non-hydrogen) atoms. The van der Waals surface area contributed by atoms with Crippen LogP contribution in [0.3, 0.4) is 0 Å². The topological polar surface area (TPSA) is 33.2 Å². The van der Waals surface area contributed by atoms with Crippen molar-refractivity contribution in [2.45, 2.75) is 16.8 Å². The Morgan fingerprint density at radius 2 is 1.95 bits per heavy atom. The first-order valence-electron chi connectivity index (χ1n) is 6.72. The predicted octanol–water partition coefficient (Wildman–Crippen LogP) is 3.58. The number of pyridine rings is 1. The Balaban J connectivity index is 1.81. The van der Waals surface area contributed by atoms with Crippen molar-refractivity contribution in [3.63, 3.8) is 0 Å². The molecule has 1 aromatic heterocycles. The molecule has 0 aliphatic carbocycles. The van der Waals surface area contributed by atoms with E-state index >= 15 is 0 Å². The van der Waals surface area contributed by atoms with E-state index in [1.165, 1.54) is 10.5 Å². The number of amides is 1. The van der Waals surface area contributed by atoms with Crippen LogP contribution in [0.1, 0.15) is 16.5 Å². The van der Waals surface area contributed by atoms with Gasteiger partial charge in [-0.1, -0.05) is 12.1 Å². The van der Waals surface area contributed by atoms with Crippen LogP contribution in [-0.4, -0.2) is 27.8 Å². The summed E-state index contributed by atoms with van der Waals surface area (Å²) in [6.45, 7) is 0.642. The van der Waals surface area contributed by atoms with Crippen LogP contribution in [0.5, 0.6) is 0 Å². The van der Waals surface area contributed by atoms with Crippen molar-refractivity contribution >= 4 is 29.4 Å². The van der Waals surface area contributed by atoms with Gasteiger partial charge in [0.25, 0.3) is 0 Å². The number of nitrogens with zero attached hydrogens (tertiary/aromatic N) is 2. The average Bonchev–Trinajstić information content (AvgIpc) is 2.90. The number of benzene rings is 1. The lowest BCUT2D eigenvalue weighted by Gasteiger charge is -2.24. The number of rotatable bonds is 4. The first-order valence-corrected chi connectivity index (χ1v) is 8.99. The summed E-state index contributed by atoms with van der Waals surface area (Å²) in [4.78, 5) is 19.4. The molecule has 108 valence electrons. The van der Waals surface area contributed by atoms with E-state index in [2.05, 4.69) is 35.5 Å². The van der Waals surface area contributed by atoms with E-state index < -0.39 is 0 Å². The lowest BCUT2D eigenvalue weighted by atomic mass is 10.2. The van der Waals surface area contributed by atoms with E-state index in [0.717, 1.165) is 5.56 Å². The van der Waals surface area contributed by atoms with Gasteiger partial charge in [0.2, 0.25) is 5.91 Å².